The van der Waals surface area contributed by atoms with Crippen LogP contribution in [0, 0.1) is 23.0 Å². The van der Waals surface area contributed by atoms with Crippen molar-refractivity contribution in [2.45, 2.75) is 45.4 Å². The number of carboxylic acid groups (broad SMARTS) is 1. The molecule has 1 atom stereocenters. The molecule has 0 heterocycles. The molecule has 23 heavy (non-hydrogen) atoms. The lowest BCUT2D eigenvalue weighted by Crippen LogP contribution is -2.42. The number of nitrogens with one attached hydrogen (secondary N) is 1. The molecule has 2 N–H and O–H groups in total. The molecule has 1 aliphatic rings. The Hall–Kier alpha value is -1.98. The molecule has 0 radical (unpaired) electrons. The van der Waals surface area contributed by atoms with Crippen LogP contribution < -0.4 is 5.32 Å². The standard InChI is InChI=1S/C17H21F2NO3/c1-17(10-15(21)22,11-5-3-2-4-6-11)16(23)20-14-9-12(18)7-8-13(14)19/h7-9,11H,2-6,10H2,1H3,(H,20,23)(H,21,22)/t17-/m0/s1. The smallest absolute Gasteiger partial charge is 0.304 e. The quantitative estimate of drug-likeness (QED) is 0.861. The van der Waals surface area contributed by atoms with Crippen LogP contribution in [-0.4, -0.2) is 17.0 Å². The summed E-state index contributed by atoms with van der Waals surface area (Å²) in [5, 5.41) is 11.6. The lowest BCUT2D eigenvalue weighted by atomic mass is 9.67. The number of carbonyl (C=O) groups is 2. The molecule has 126 valence electrons. The van der Waals surface area contributed by atoms with E-state index < -0.39 is 28.9 Å². The van der Waals surface area contributed by atoms with E-state index in [-0.39, 0.29) is 18.0 Å². The topological polar surface area (TPSA) is 66.4 Å². The average molecular weight is 325 g/mol. The van der Waals surface area contributed by atoms with Crippen molar-refractivity contribution in [3.63, 3.8) is 0 Å². The Kier molecular flexibility index (Phi) is 5.34. The van der Waals surface area contributed by atoms with E-state index in [1.54, 1.807) is 6.92 Å². The molecular weight excluding hydrogens is 304 g/mol. The average Bonchev–Trinajstić information content (AvgIpc) is 2.51. The minimum absolute atomic E-state index is 0.0797. The normalized spacial score (nSPS) is 18.2. The molecule has 1 saturated carbocycles. The summed E-state index contributed by atoms with van der Waals surface area (Å²) in [6.45, 7) is 1.60. The minimum Gasteiger partial charge on any atom is -0.481 e. The van der Waals surface area contributed by atoms with Crippen molar-refractivity contribution in [3.05, 3.63) is 29.8 Å². The highest BCUT2D eigenvalue weighted by Crippen LogP contribution is 2.42. The molecule has 1 fully saturated rings. The van der Waals surface area contributed by atoms with Gasteiger partial charge in [0.15, 0.2) is 0 Å². The van der Waals surface area contributed by atoms with Crippen LogP contribution in [0.3, 0.4) is 0 Å². The SMILES string of the molecule is C[C@@](CC(=O)O)(C(=O)Nc1cc(F)ccc1F)C1CCCCC1. The summed E-state index contributed by atoms with van der Waals surface area (Å²) < 4.78 is 27.0. The lowest BCUT2D eigenvalue weighted by molar-refractivity contribution is -0.145. The van der Waals surface area contributed by atoms with Crippen LogP contribution in [0.5, 0.6) is 0 Å². The Labute approximate surface area is 133 Å². The third-order valence-corrected chi connectivity index (χ3v) is 4.72. The van der Waals surface area contributed by atoms with Gasteiger partial charge in [0.2, 0.25) is 5.91 Å². The van der Waals surface area contributed by atoms with Gasteiger partial charge in [0.25, 0.3) is 0 Å². The number of aliphatic carboxylic acids is 1. The molecular formula is C17H21F2NO3. The Morgan fingerprint density at radius 2 is 1.91 bits per heavy atom. The monoisotopic (exact) mass is 325 g/mol. The van der Waals surface area contributed by atoms with Gasteiger partial charge in [-0.2, -0.15) is 0 Å². The van der Waals surface area contributed by atoms with Gasteiger partial charge in [-0.1, -0.05) is 19.3 Å². The van der Waals surface area contributed by atoms with Crippen molar-refractivity contribution in [2.24, 2.45) is 11.3 Å². The van der Waals surface area contributed by atoms with Gasteiger partial charge in [-0.05, 0) is 37.8 Å². The van der Waals surface area contributed by atoms with E-state index in [1.807, 2.05) is 0 Å². The number of anilines is 1. The summed E-state index contributed by atoms with van der Waals surface area (Å²) in [5.41, 5.74) is -1.41. The number of halogens is 2. The molecule has 0 saturated heterocycles. The Morgan fingerprint density at radius 1 is 1.26 bits per heavy atom. The maximum absolute atomic E-state index is 13.7. The van der Waals surface area contributed by atoms with Crippen LogP contribution in [0.15, 0.2) is 18.2 Å². The lowest BCUT2D eigenvalue weighted by Gasteiger charge is -2.37. The first-order chi connectivity index (χ1) is 10.8. The Balaban J connectivity index is 2.25. The van der Waals surface area contributed by atoms with E-state index in [0.717, 1.165) is 50.3 Å². The number of rotatable bonds is 5. The maximum atomic E-state index is 13.7. The predicted octanol–water partition coefficient (Wildman–Crippen LogP) is 3.96. The second-order valence-corrected chi connectivity index (χ2v) is 6.40. The van der Waals surface area contributed by atoms with E-state index in [0.29, 0.717) is 0 Å². The maximum Gasteiger partial charge on any atom is 0.304 e. The van der Waals surface area contributed by atoms with Gasteiger partial charge in [0.05, 0.1) is 17.5 Å². The van der Waals surface area contributed by atoms with E-state index in [9.17, 15) is 23.5 Å². The molecule has 1 amide bonds. The Morgan fingerprint density at radius 3 is 2.52 bits per heavy atom. The summed E-state index contributed by atoms with van der Waals surface area (Å²) in [6.07, 6.45) is 4.16. The number of benzene rings is 1. The van der Waals surface area contributed by atoms with Crippen molar-refractivity contribution in [1.29, 1.82) is 0 Å². The van der Waals surface area contributed by atoms with E-state index in [4.69, 9.17) is 0 Å². The molecule has 1 aliphatic carbocycles. The van der Waals surface area contributed by atoms with Crippen molar-refractivity contribution in [2.75, 3.05) is 5.32 Å². The molecule has 4 nitrogen and oxygen atoms in total. The summed E-state index contributed by atoms with van der Waals surface area (Å²) >= 11 is 0. The van der Waals surface area contributed by atoms with Crippen LogP contribution in [0.4, 0.5) is 14.5 Å². The number of amides is 1. The van der Waals surface area contributed by atoms with Gasteiger partial charge in [0.1, 0.15) is 11.6 Å². The zero-order valence-corrected chi connectivity index (χ0v) is 13.1. The first-order valence-electron chi connectivity index (χ1n) is 7.81. The Bertz CT molecular complexity index is 600. The highest BCUT2D eigenvalue weighted by Gasteiger charge is 2.43. The highest BCUT2D eigenvalue weighted by molar-refractivity contribution is 5.97. The molecule has 1 aromatic rings. The van der Waals surface area contributed by atoms with E-state index >= 15 is 0 Å². The first-order valence-corrected chi connectivity index (χ1v) is 7.81. The van der Waals surface area contributed by atoms with Gasteiger partial charge in [-0.3, -0.25) is 9.59 Å². The summed E-state index contributed by atoms with van der Waals surface area (Å²) in [6, 6.07) is 2.79. The fraction of sp³-hybridized carbons (Fsp3) is 0.529. The van der Waals surface area contributed by atoms with Crippen molar-refractivity contribution in [1.82, 2.24) is 0 Å². The molecule has 6 heteroatoms. The van der Waals surface area contributed by atoms with Crippen molar-refractivity contribution in [3.8, 4) is 0 Å². The number of hydrogen-bond acceptors (Lipinski definition) is 2. The van der Waals surface area contributed by atoms with Gasteiger partial charge < -0.3 is 10.4 Å². The molecule has 0 spiro atoms. The van der Waals surface area contributed by atoms with Gasteiger partial charge >= 0.3 is 5.97 Å². The molecule has 2 rings (SSSR count). The van der Waals surface area contributed by atoms with Crippen molar-refractivity contribution >= 4 is 17.6 Å². The molecule has 1 aromatic carbocycles. The van der Waals surface area contributed by atoms with Gasteiger partial charge in [-0.15, -0.1) is 0 Å². The molecule has 0 unspecified atom stereocenters. The fourth-order valence-corrected chi connectivity index (χ4v) is 3.32. The summed E-state index contributed by atoms with van der Waals surface area (Å²) in [5.74, 6) is -3.14. The summed E-state index contributed by atoms with van der Waals surface area (Å²) in [4.78, 5) is 23.9. The van der Waals surface area contributed by atoms with Crippen LogP contribution in [0.2, 0.25) is 0 Å². The highest BCUT2D eigenvalue weighted by atomic mass is 19.1. The zero-order chi connectivity index (χ0) is 17.0. The van der Waals surface area contributed by atoms with Gasteiger partial charge in [-0.25, -0.2) is 8.78 Å². The van der Waals surface area contributed by atoms with E-state index in [1.165, 1.54) is 0 Å². The molecule has 0 aliphatic heterocycles. The third kappa shape index (κ3) is 4.06. The fourth-order valence-electron chi connectivity index (χ4n) is 3.32. The second kappa shape index (κ2) is 7.06. The zero-order valence-electron chi connectivity index (χ0n) is 13.1. The number of carbonyl (C=O) groups excluding carboxylic acids is 1. The predicted molar refractivity (Wildman–Crippen MR) is 81.9 cm³/mol. The van der Waals surface area contributed by atoms with E-state index in [2.05, 4.69) is 5.32 Å². The molecule has 0 aromatic heterocycles. The van der Waals surface area contributed by atoms with Crippen LogP contribution in [0.25, 0.3) is 0 Å². The third-order valence-electron chi connectivity index (χ3n) is 4.72. The van der Waals surface area contributed by atoms with Crippen LogP contribution in [-0.2, 0) is 9.59 Å². The first kappa shape index (κ1) is 17.4. The number of hydrogen-bond donors (Lipinski definition) is 2. The molecule has 0 bridgehead atoms. The summed E-state index contributed by atoms with van der Waals surface area (Å²) in [7, 11) is 0. The largest absolute Gasteiger partial charge is 0.481 e. The van der Waals surface area contributed by atoms with Crippen LogP contribution >= 0.6 is 0 Å². The van der Waals surface area contributed by atoms with Crippen LogP contribution in [0.1, 0.15) is 45.4 Å². The van der Waals surface area contributed by atoms with Gasteiger partial charge in [0, 0.05) is 6.07 Å². The van der Waals surface area contributed by atoms with Crippen molar-refractivity contribution < 1.29 is 23.5 Å². The number of carboxylic acids is 1. The minimum atomic E-state index is -1.15. The second-order valence-electron chi connectivity index (χ2n) is 6.40.